The molecular weight excluding hydrogens is 340 g/mol. The molecule has 8 heteroatoms. The number of aromatic nitrogens is 3. The third-order valence-electron chi connectivity index (χ3n) is 3.81. The molecule has 0 unspecified atom stereocenters. The van der Waals surface area contributed by atoms with Gasteiger partial charge in [-0.05, 0) is 36.4 Å². The second kappa shape index (κ2) is 5.99. The van der Waals surface area contributed by atoms with Crippen LogP contribution in [0.4, 0.5) is 5.69 Å². The molecular formula is C17H12N4O3S. The molecule has 124 valence electrons. The van der Waals surface area contributed by atoms with Crippen LogP contribution < -0.4 is 4.74 Å². The highest BCUT2D eigenvalue weighted by Gasteiger charge is 2.13. The highest BCUT2D eigenvalue weighted by atomic mass is 32.1. The van der Waals surface area contributed by atoms with E-state index < -0.39 is 4.92 Å². The molecule has 0 fully saturated rings. The second-order valence-electron chi connectivity index (χ2n) is 5.35. The average Bonchev–Trinajstić information content (AvgIpc) is 3.27. The minimum Gasteiger partial charge on any atom is -0.497 e. The lowest BCUT2D eigenvalue weighted by Crippen LogP contribution is -1.86. The number of benzene rings is 2. The molecule has 0 radical (unpaired) electrons. The summed E-state index contributed by atoms with van der Waals surface area (Å²) in [6, 6.07) is 14.1. The molecule has 7 nitrogen and oxygen atoms in total. The molecule has 0 amide bonds. The van der Waals surface area contributed by atoms with Crippen LogP contribution in [-0.2, 0) is 0 Å². The van der Waals surface area contributed by atoms with Gasteiger partial charge in [0.1, 0.15) is 10.8 Å². The number of methoxy groups -OCH3 is 1. The van der Waals surface area contributed by atoms with Gasteiger partial charge in [0.2, 0.25) is 0 Å². The first kappa shape index (κ1) is 15.3. The van der Waals surface area contributed by atoms with Gasteiger partial charge in [0.05, 0.1) is 17.7 Å². The van der Waals surface area contributed by atoms with Crippen molar-refractivity contribution in [3.8, 4) is 27.0 Å². The smallest absolute Gasteiger partial charge is 0.269 e. The Morgan fingerprint density at radius 1 is 1.08 bits per heavy atom. The fraction of sp³-hybridized carbons (Fsp3) is 0.0588. The molecule has 4 aromatic rings. The summed E-state index contributed by atoms with van der Waals surface area (Å²) in [4.78, 5) is 13.6. The van der Waals surface area contributed by atoms with Crippen molar-refractivity contribution in [3.05, 3.63) is 58.6 Å². The van der Waals surface area contributed by atoms with Gasteiger partial charge >= 0.3 is 0 Å². The first-order chi connectivity index (χ1) is 12.1. The number of nitrogens with zero attached hydrogens (tertiary/aromatic N) is 3. The Balaban J connectivity index is 1.67. The number of aromatic amines is 1. The molecule has 2 heterocycles. The van der Waals surface area contributed by atoms with Crippen molar-refractivity contribution < 1.29 is 9.66 Å². The zero-order chi connectivity index (χ0) is 17.4. The van der Waals surface area contributed by atoms with Gasteiger partial charge in [-0.15, -0.1) is 10.2 Å². The Hall–Kier alpha value is -3.26. The highest BCUT2D eigenvalue weighted by molar-refractivity contribution is 7.17. The molecule has 2 aromatic heterocycles. The Bertz CT molecular complexity index is 1070. The minimum absolute atomic E-state index is 0.0538. The fourth-order valence-electron chi connectivity index (χ4n) is 2.53. The van der Waals surface area contributed by atoms with E-state index in [0.717, 1.165) is 32.9 Å². The molecule has 0 spiro atoms. The van der Waals surface area contributed by atoms with E-state index in [4.69, 9.17) is 4.74 Å². The summed E-state index contributed by atoms with van der Waals surface area (Å²) in [7, 11) is 1.63. The maximum atomic E-state index is 10.7. The Labute approximate surface area is 146 Å². The summed E-state index contributed by atoms with van der Waals surface area (Å²) < 4.78 is 5.24. The maximum absolute atomic E-state index is 10.7. The van der Waals surface area contributed by atoms with Crippen molar-refractivity contribution in [3.63, 3.8) is 0 Å². The van der Waals surface area contributed by atoms with Crippen molar-refractivity contribution in [2.75, 3.05) is 7.11 Å². The van der Waals surface area contributed by atoms with Crippen molar-refractivity contribution in [2.45, 2.75) is 0 Å². The molecule has 25 heavy (non-hydrogen) atoms. The van der Waals surface area contributed by atoms with E-state index >= 15 is 0 Å². The van der Waals surface area contributed by atoms with E-state index in [1.165, 1.54) is 23.5 Å². The van der Waals surface area contributed by atoms with Crippen molar-refractivity contribution in [1.82, 2.24) is 15.2 Å². The molecule has 2 aromatic carbocycles. The highest BCUT2D eigenvalue weighted by Crippen LogP contribution is 2.32. The van der Waals surface area contributed by atoms with Crippen LogP contribution in [0.5, 0.6) is 5.75 Å². The predicted molar refractivity (Wildman–Crippen MR) is 95.8 cm³/mol. The second-order valence-corrected chi connectivity index (χ2v) is 6.33. The first-order valence-electron chi connectivity index (χ1n) is 7.39. The topological polar surface area (TPSA) is 93.9 Å². The largest absolute Gasteiger partial charge is 0.497 e. The monoisotopic (exact) mass is 352 g/mol. The summed E-state index contributed by atoms with van der Waals surface area (Å²) >= 11 is 1.42. The van der Waals surface area contributed by atoms with E-state index in [0.29, 0.717) is 5.01 Å². The van der Waals surface area contributed by atoms with Gasteiger partial charge < -0.3 is 9.72 Å². The molecule has 0 saturated carbocycles. The summed E-state index contributed by atoms with van der Waals surface area (Å²) in [5, 5.41) is 21.7. The van der Waals surface area contributed by atoms with Crippen LogP contribution in [0.25, 0.3) is 32.2 Å². The Kier molecular flexibility index (Phi) is 3.66. The molecule has 0 aliphatic heterocycles. The third kappa shape index (κ3) is 2.83. The zero-order valence-corrected chi connectivity index (χ0v) is 13.9. The van der Waals surface area contributed by atoms with Crippen molar-refractivity contribution in [2.24, 2.45) is 0 Å². The third-order valence-corrected chi connectivity index (χ3v) is 4.81. The lowest BCUT2D eigenvalue weighted by Gasteiger charge is -1.97. The van der Waals surface area contributed by atoms with E-state index in [2.05, 4.69) is 15.2 Å². The van der Waals surface area contributed by atoms with E-state index in [9.17, 15) is 10.1 Å². The molecule has 0 aliphatic rings. The summed E-state index contributed by atoms with van der Waals surface area (Å²) in [5.41, 5.74) is 2.71. The number of nitro groups is 1. The zero-order valence-electron chi connectivity index (χ0n) is 13.1. The molecule has 0 aliphatic carbocycles. The minimum atomic E-state index is -0.423. The number of non-ortho nitro benzene ring substituents is 1. The Morgan fingerprint density at radius 3 is 2.56 bits per heavy atom. The van der Waals surface area contributed by atoms with Gasteiger partial charge in [-0.1, -0.05) is 11.3 Å². The molecule has 0 bridgehead atoms. The van der Waals surface area contributed by atoms with Crippen LogP contribution in [0.15, 0.2) is 48.5 Å². The SMILES string of the molecule is COc1ccc2[nH]c(-c3nnc(-c4ccc([N+](=O)[O-])cc4)s3)cc2c1. The number of fused-ring (bicyclic) bond motifs is 1. The molecule has 1 N–H and O–H groups in total. The molecule has 0 atom stereocenters. The van der Waals surface area contributed by atoms with Crippen molar-refractivity contribution >= 4 is 27.9 Å². The summed E-state index contributed by atoms with van der Waals surface area (Å²) in [6.45, 7) is 0. The normalized spacial score (nSPS) is 10.9. The van der Waals surface area contributed by atoms with Crippen LogP contribution >= 0.6 is 11.3 Å². The quantitative estimate of drug-likeness (QED) is 0.437. The number of nitrogens with one attached hydrogen (secondary N) is 1. The summed E-state index contributed by atoms with van der Waals surface area (Å²) in [5.74, 6) is 0.793. The van der Waals surface area contributed by atoms with Crippen molar-refractivity contribution in [1.29, 1.82) is 0 Å². The van der Waals surface area contributed by atoms with Crippen LogP contribution in [0, 0.1) is 10.1 Å². The number of rotatable bonds is 4. The number of nitro benzene ring substituents is 1. The van der Waals surface area contributed by atoms with E-state index in [-0.39, 0.29) is 5.69 Å². The first-order valence-corrected chi connectivity index (χ1v) is 8.21. The van der Waals surface area contributed by atoms with Crippen LogP contribution in [0.2, 0.25) is 0 Å². The van der Waals surface area contributed by atoms with E-state index in [1.54, 1.807) is 19.2 Å². The van der Waals surface area contributed by atoms with Crippen LogP contribution in [0.1, 0.15) is 0 Å². The fourth-order valence-corrected chi connectivity index (χ4v) is 3.35. The lowest BCUT2D eigenvalue weighted by atomic mass is 10.2. The Morgan fingerprint density at radius 2 is 1.84 bits per heavy atom. The lowest BCUT2D eigenvalue weighted by molar-refractivity contribution is -0.384. The average molecular weight is 352 g/mol. The number of H-pyrrole nitrogens is 1. The summed E-state index contributed by atoms with van der Waals surface area (Å²) in [6.07, 6.45) is 0. The van der Waals surface area contributed by atoms with Gasteiger partial charge in [0.15, 0.2) is 5.01 Å². The van der Waals surface area contributed by atoms with Crippen LogP contribution in [0.3, 0.4) is 0 Å². The number of ether oxygens (including phenoxy) is 1. The number of hydrogen-bond donors (Lipinski definition) is 1. The molecule has 4 rings (SSSR count). The standard InChI is InChI=1S/C17H12N4O3S/c1-24-13-6-7-14-11(8-13)9-15(18-14)17-20-19-16(25-17)10-2-4-12(5-3-10)21(22)23/h2-9,18H,1H3. The van der Waals surface area contributed by atoms with Gasteiger partial charge in [-0.3, -0.25) is 10.1 Å². The van der Waals surface area contributed by atoms with Gasteiger partial charge in [-0.25, -0.2) is 0 Å². The predicted octanol–water partition coefficient (Wildman–Crippen LogP) is 4.27. The van der Waals surface area contributed by atoms with Gasteiger partial charge in [0.25, 0.3) is 5.69 Å². The van der Waals surface area contributed by atoms with Crippen LogP contribution in [-0.4, -0.2) is 27.2 Å². The van der Waals surface area contributed by atoms with Gasteiger partial charge in [-0.2, -0.15) is 0 Å². The van der Waals surface area contributed by atoms with Gasteiger partial charge in [0, 0.05) is 28.6 Å². The van der Waals surface area contributed by atoms with E-state index in [1.807, 2.05) is 24.3 Å². The number of hydrogen-bond acceptors (Lipinski definition) is 6. The maximum Gasteiger partial charge on any atom is 0.269 e. The molecule has 0 saturated heterocycles.